The molecule has 0 aliphatic carbocycles. The zero-order valence-corrected chi connectivity index (χ0v) is 13.7. The van der Waals surface area contributed by atoms with Crippen LogP contribution in [0.4, 0.5) is 0 Å². The van der Waals surface area contributed by atoms with Crippen molar-refractivity contribution in [2.24, 2.45) is 0 Å². The Morgan fingerprint density at radius 1 is 0.905 bits per heavy atom. The Hall–Kier alpha value is -1.67. The molecule has 2 aromatic rings. The lowest BCUT2D eigenvalue weighted by Crippen LogP contribution is -2.20. The molecule has 0 bridgehead atoms. The predicted molar refractivity (Wildman–Crippen MR) is 89.8 cm³/mol. The van der Waals surface area contributed by atoms with Crippen LogP contribution in [0, 0.1) is 0 Å². The van der Waals surface area contributed by atoms with Gasteiger partial charge in [-0.05, 0) is 47.2 Å². The van der Waals surface area contributed by atoms with E-state index in [1.807, 2.05) is 25.5 Å². The van der Waals surface area contributed by atoms with E-state index in [1.54, 1.807) is 0 Å². The van der Waals surface area contributed by atoms with Crippen LogP contribution in [0.1, 0.15) is 67.8 Å². The Morgan fingerprint density at radius 3 is 2.19 bits per heavy atom. The quantitative estimate of drug-likeness (QED) is 0.864. The van der Waals surface area contributed by atoms with Crippen LogP contribution < -0.4 is 5.32 Å². The Labute approximate surface area is 128 Å². The number of nitrogens with zero attached hydrogens (tertiary/aromatic N) is 1. The molecule has 112 valence electrons. The van der Waals surface area contributed by atoms with Gasteiger partial charge in [0, 0.05) is 12.4 Å². The van der Waals surface area contributed by atoms with Crippen LogP contribution in [0.2, 0.25) is 0 Å². The summed E-state index contributed by atoms with van der Waals surface area (Å²) in [4.78, 5) is 4.26. The monoisotopic (exact) mass is 282 g/mol. The molecule has 1 aromatic carbocycles. The van der Waals surface area contributed by atoms with Crippen LogP contribution in [-0.4, -0.2) is 12.0 Å². The van der Waals surface area contributed by atoms with E-state index in [4.69, 9.17) is 0 Å². The second-order valence-corrected chi connectivity index (χ2v) is 6.21. The van der Waals surface area contributed by atoms with Crippen molar-refractivity contribution in [1.82, 2.24) is 10.3 Å². The van der Waals surface area contributed by atoms with Crippen molar-refractivity contribution in [1.29, 1.82) is 0 Å². The molecule has 1 unspecified atom stereocenters. The molecule has 2 rings (SSSR count). The van der Waals surface area contributed by atoms with E-state index >= 15 is 0 Å². The van der Waals surface area contributed by atoms with Gasteiger partial charge in [-0.1, -0.05) is 52.0 Å². The minimum Gasteiger partial charge on any atom is -0.309 e. The molecule has 0 spiro atoms. The molecule has 0 fully saturated rings. The van der Waals surface area contributed by atoms with E-state index in [0.29, 0.717) is 11.8 Å². The summed E-state index contributed by atoms with van der Waals surface area (Å²) in [6.45, 7) is 9.02. The van der Waals surface area contributed by atoms with Gasteiger partial charge in [0.05, 0.1) is 6.04 Å². The number of benzene rings is 1. The maximum Gasteiger partial charge on any atom is 0.0592 e. The second-order valence-electron chi connectivity index (χ2n) is 6.21. The van der Waals surface area contributed by atoms with Gasteiger partial charge in [-0.3, -0.25) is 4.98 Å². The van der Waals surface area contributed by atoms with Gasteiger partial charge >= 0.3 is 0 Å². The fraction of sp³-hybridized carbons (Fsp3) is 0.421. The molecule has 0 saturated heterocycles. The van der Waals surface area contributed by atoms with Gasteiger partial charge in [0.25, 0.3) is 0 Å². The maximum absolute atomic E-state index is 4.26. The summed E-state index contributed by atoms with van der Waals surface area (Å²) < 4.78 is 0. The number of nitrogens with one attached hydrogen (secondary N) is 1. The van der Waals surface area contributed by atoms with Crippen LogP contribution in [0.15, 0.2) is 42.7 Å². The fourth-order valence-corrected chi connectivity index (χ4v) is 2.76. The van der Waals surface area contributed by atoms with Crippen molar-refractivity contribution >= 4 is 0 Å². The molecule has 2 heteroatoms. The number of hydrogen-bond donors (Lipinski definition) is 1. The third kappa shape index (κ3) is 3.51. The third-order valence-electron chi connectivity index (χ3n) is 4.02. The first kappa shape index (κ1) is 15.7. The first-order valence-corrected chi connectivity index (χ1v) is 7.75. The summed E-state index contributed by atoms with van der Waals surface area (Å²) in [6, 6.07) is 11.2. The van der Waals surface area contributed by atoms with Gasteiger partial charge in [0.15, 0.2) is 0 Å². The largest absolute Gasteiger partial charge is 0.309 e. The average Bonchev–Trinajstić information content (AvgIpc) is 2.49. The van der Waals surface area contributed by atoms with E-state index < -0.39 is 0 Å². The maximum atomic E-state index is 4.26. The minimum atomic E-state index is 0.192. The molecular weight excluding hydrogens is 256 g/mol. The van der Waals surface area contributed by atoms with Crippen molar-refractivity contribution in [3.05, 3.63) is 65.0 Å². The van der Waals surface area contributed by atoms with Crippen LogP contribution in [0.3, 0.4) is 0 Å². The zero-order valence-electron chi connectivity index (χ0n) is 13.7. The number of hydrogen-bond acceptors (Lipinski definition) is 2. The molecule has 1 aromatic heterocycles. The molecule has 1 heterocycles. The highest BCUT2D eigenvalue weighted by Crippen LogP contribution is 2.31. The van der Waals surface area contributed by atoms with E-state index in [2.05, 4.69) is 62.3 Å². The van der Waals surface area contributed by atoms with Gasteiger partial charge in [-0.25, -0.2) is 0 Å². The van der Waals surface area contributed by atoms with Crippen molar-refractivity contribution in [2.75, 3.05) is 7.05 Å². The molecule has 0 saturated carbocycles. The van der Waals surface area contributed by atoms with Crippen molar-refractivity contribution < 1.29 is 0 Å². The molecule has 2 nitrogen and oxygen atoms in total. The number of rotatable bonds is 5. The molecule has 0 radical (unpaired) electrons. The Morgan fingerprint density at radius 2 is 1.67 bits per heavy atom. The minimum absolute atomic E-state index is 0.192. The first-order chi connectivity index (χ1) is 10.0. The van der Waals surface area contributed by atoms with Crippen LogP contribution in [0.5, 0.6) is 0 Å². The Balaban J connectivity index is 2.51. The summed E-state index contributed by atoms with van der Waals surface area (Å²) in [5, 5.41) is 3.44. The molecular formula is C19H26N2. The van der Waals surface area contributed by atoms with Crippen molar-refractivity contribution in [2.45, 2.75) is 45.6 Å². The van der Waals surface area contributed by atoms with Gasteiger partial charge in [-0.2, -0.15) is 0 Å². The summed E-state index contributed by atoms with van der Waals surface area (Å²) in [5.41, 5.74) is 5.39. The van der Waals surface area contributed by atoms with Crippen molar-refractivity contribution in [3.8, 4) is 0 Å². The van der Waals surface area contributed by atoms with Crippen LogP contribution in [-0.2, 0) is 0 Å². The van der Waals surface area contributed by atoms with Crippen LogP contribution in [0.25, 0.3) is 0 Å². The van der Waals surface area contributed by atoms with Gasteiger partial charge in [0.2, 0.25) is 0 Å². The van der Waals surface area contributed by atoms with E-state index in [1.165, 1.54) is 22.3 Å². The van der Waals surface area contributed by atoms with Crippen LogP contribution >= 0.6 is 0 Å². The van der Waals surface area contributed by atoms with Gasteiger partial charge < -0.3 is 5.32 Å². The lowest BCUT2D eigenvalue weighted by Gasteiger charge is -2.23. The second kappa shape index (κ2) is 6.86. The SMILES string of the molecule is CNC(c1cccnc1)c1ccc(C(C)C)cc1C(C)C. The molecule has 0 amide bonds. The summed E-state index contributed by atoms with van der Waals surface area (Å²) in [5.74, 6) is 1.06. The summed E-state index contributed by atoms with van der Waals surface area (Å²) in [7, 11) is 2.01. The van der Waals surface area contributed by atoms with E-state index in [0.717, 1.165) is 0 Å². The lowest BCUT2D eigenvalue weighted by molar-refractivity contribution is 0.669. The summed E-state index contributed by atoms with van der Waals surface area (Å²) >= 11 is 0. The number of aromatic nitrogens is 1. The smallest absolute Gasteiger partial charge is 0.0592 e. The normalized spacial score (nSPS) is 12.9. The van der Waals surface area contributed by atoms with E-state index in [-0.39, 0.29) is 6.04 Å². The lowest BCUT2D eigenvalue weighted by atomic mass is 9.87. The third-order valence-corrected chi connectivity index (χ3v) is 4.02. The topological polar surface area (TPSA) is 24.9 Å². The molecule has 21 heavy (non-hydrogen) atoms. The molecule has 0 aliphatic heterocycles. The van der Waals surface area contributed by atoms with E-state index in [9.17, 15) is 0 Å². The predicted octanol–water partition coefficient (Wildman–Crippen LogP) is 4.64. The molecule has 1 atom stereocenters. The average molecular weight is 282 g/mol. The molecule has 1 N–H and O–H groups in total. The van der Waals surface area contributed by atoms with Gasteiger partial charge in [0.1, 0.15) is 0 Å². The summed E-state index contributed by atoms with van der Waals surface area (Å²) in [6.07, 6.45) is 3.77. The first-order valence-electron chi connectivity index (χ1n) is 7.75. The fourth-order valence-electron chi connectivity index (χ4n) is 2.76. The standard InChI is InChI=1S/C19H26N2/c1-13(2)15-8-9-17(18(11-15)14(3)4)19(20-5)16-7-6-10-21-12-16/h6-14,19-20H,1-5H3. The van der Waals surface area contributed by atoms with Crippen molar-refractivity contribution in [3.63, 3.8) is 0 Å². The molecule has 0 aliphatic rings. The zero-order chi connectivity index (χ0) is 15.4. The highest BCUT2D eigenvalue weighted by molar-refractivity contribution is 5.41. The highest BCUT2D eigenvalue weighted by Gasteiger charge is 2.18. The Bertz CT molecular complexity index is 573. The highest BCUT2D eigenvalue weighted by atomic mass is 14.9. The Kier molecular flexibility index (Phi) is 5.13. The van der Waals surface area contributed by atoms with Gasteiger partial charge in [-0.15, -0.1) is 0 Å². The number of pyridine rings is 1.